The highest BCUT2D eigenvalue weighted by Gasteiger charge is 2.05. The van der Waals surface area contributed by atoms with Crippen LogP contribution in [0.2, 0.25) is 0 Å². The van der Waals surface area contributed by atoms with E-state index in [1.807, 2.05) is 30.3 Å². The van der Waals surface area contributed by atoms with Crippen LogP contribution in [0.4, 0.5) is 0 Å². The van der Waals surface area contributed by atoms with Crippen molar-refractivity contribution in [3.8, 4) is 5.75 Å². The van der Waals surface area contributed by atoms with Crippen molar-refractivity contribution >= 4 is 5.78 Å². The minimum Gasteiger partial charge on any atom is -0.483 e. The van der Waals surface area contributed by atoms with Crippen LogP contribution < -0.4 is 10.3 Å². The molecular weight excluding hydrogens is 242 g/mol. The maximum absolute atomic E-state index is 12.0. The highest BCUT2D eigenvalue weighted by molar-refractivity contribution is 5.75. The van der Waals surface area contributed by atoms with Gasteiger partial charge < -0.3 is 9.30 Å². The van der Waals surface area contributed by atoms with Crippen LogP contribution in [0.1, 0.15) is 12.5 Å². The van der Waals surface area contributed by atoms with Gasteiger partial charge >= 0.3 is 0 Å². The Balaban J connectivity index is 2.13. The van der Waals surface area contributed by atoms with E-state index >= 15 is 0 Å². The van der Waals surface area contributed by atoms with E-state index in [-0.39, 0.29) is 23.6 Å². The Labute approximate surface area is 111 Å². The number of Topliss-reactive ketones (excluding diaryl/α,β-unsaturated/α-hetero) is 1. The van der Waals surface area contributed by atoms with Gasteiger partial charge in [-0.25, -0.2) is 0 Å². The number of ether oxygens (including phenoxy) is 1. The molecule has 0 aliphatic carbocycles. The predicted molar refractivity (Wildman–Crippen MR) is 72.2 cm³/mol. The molecule has 0 bridgehead atoms. The van der Waals surface area contributed by atoms with Crippen molar-refractivity contribution in [2.45, 2.75) is 20.1 Å². The zero-order valence-electron chi connectivity index (χ0n) is 10.7. The Morgan fingerprint density at radius 2 is 1.89 bits per heavy atom. The van der Waals surface area contributed by atoms with Crippen molar-refractivity contribution in [2.75, 3.05) is 0 Å². The Kier molecular flexibility index (Phi) is 4.13. The fraction of sp³-hybridized carbons (Fsp3) is 0.200. The molecule has 1 aromatic carbocycles. The van der Waals surface area contributed by atoms with Gasteiger partial charge in [-0.05, 0) is 24.6 Å². The summed E-state index contributed by atoms with van der Waals surface area (Å²) in [6.07, 6.45) is 1.58. The second-order valence-corrected chi connectivity index (χ2v) is 4.28. The van der Waals surface area contributed by atoms with Gasteiger partial charge in [-0.3, -0.25) is 9.59 Å². The van der Waals surface area contributed by atoms with E-state index in [9.17, 15) is 9.59 Å². The number of carbonyl (C=O) groups excluding carboxylic acids is 1. The number of hydrogen-bond acceptors (Lipinski definition) is 3. The van der Waals surface area contributed by atoms with Gasteiger partial charge in [0.05, 0.1) is 6.54 Å². The van der Waals surface area contributed by atoms with Crippen LogP contribution in [0, 0.1) is 0 Å². The molecule has 0 unspecified atom stereocenters. The van der Waals surface area contributed by atoms with Crippen LogP contribution in [0.3, 0.4) is 0 Å². The number of hydrogen-bond donors (Lipinski definition) is 0. The molecular formula is C15H15NO3. The minimum atomic E-state index is -0.284. The maximum atomic E-state index is 12.0. The maximum Gasteiger partial charge on any atom is 0.293 e. The lowest BCUT2D eigenvalue weighted by molar-refractivity contribution is -0.117. The van der Waals surface area contributed by atoms with E-state index < -0.39 is 0 Å². The van der Waals surface area contributed by atoms with Gasteiger partial charge in [-0.2, -0.15) is 0 Å². The Hall–Kier alpha value is -2.36. The lowest BCUT2D eigenvalue weighted by Gasteiger charge is -2.08. The zero-order chi connectivity index (χ0) is 13.7. The third-order valence-electron chi connectivity index (χ3n) is 2.62. The number of aromatic nitrogens is 1. The number of rotatable bonds is 5. The molecule has 1 aromatic heterocycles. The fourth-order valence-corrected chi connectivity index (χ4v) is 1.72. The molecule has 0 aliphatic rings. The highest BCUT2D eigenvalue weighted by atomic mass is 16.5. The minimum absolute atomic E-state index is 0.0673. The van der Waals surface area contributed by atoms with Crippen molar-refractivity contribution in [2.24, 2.45) is 0 Å². The summed E-state index contributed by atoms with van der Waals surface area (Å²) >= 11 is 0. The van der Waals surface area contributed by atoms with E-state index in [1.54, 1.807) is 18.3 Å². The summed E-state index contributed by atoms with van der Waals surface area (Å²) in [5.41, 5.74) is 0.706. The molecule has 0 N–H and O–H groups in total. The molecule has 2 rings (SSSR count). The van der Waals surface area contributed by atoms with E-state index in [2.05, 4.69) is 0 Å². The molecule has 0 radical (unpaired) electrons. The summed E-state index contributed by atoms with van der Waals surface area (Å²) in [5, 5.41) is 0. The zero-order valence-corrected chi connectivity index (χ0v) is 10.7. The number of pyridine rings is 1. The van der Waals surface area contributed by atoms with Gasteiger partial charge in [0.15, 0.2) is 5.75 Å². The second kappa shape index (κ2) is 6.00. The first-order chi connectivity index (χ1) is 9.16. The third kappa shape index (κ3) is 3.55. The average molecular weight is 257 g/mol. The third-order valence-corrected chi connectivity index (χ3v) is 2.62. The first kappa shape index (κ1) is 13.1. The molecule has 0 saturated carbocycles. The molecule has 4 heteroatoms. The lowest BCUT2D eigenvalue weighted by atomic mass is 10.2. The SMILES string of the molecule is CC(=O)Cn1cccc(OCc2ccccc2)c1=O. The van der Waals surface area contributed by atoms with Crippen LogP contribution >= 0.6 is 0 Å². The normalized spacial score (nSPS) is 10.2. The number of nitrogens with zero attached hydrogens (tertiary/aromatic N) is 1. The molecule has 0 aliphatic heterocycles. The summed E-state index contributed by atoms with van der Waals surface area (Å²) in [5.74, 6) is 0.190. The van der Waals surface area contributed by atoms with Crippen LogP contribution in [-0.2, 0) is 17.9 Å². The molecule has 98 valence electrons. The van der Waals surface area contributed by atoms with Crippen molar-refractivity contribution < 1.29 is 9.53 Å². The molecule has 0 fully saturated rings. The van der Waals surface area contributed by atoms with Crippen LogP contribution in [0.25, 0.3) is 0 Å². The molecule has 0 amide bonds. The largest absolute Gasteiger partial charge is 0.483 e. The molecule has 0 spiro atoms. The van der Waals surface area contributed by atoms with Crippen molar-refractivity contribution in [1.82, 2.24) is 4.57 Å². The summed E-state index contributed by atoms with van der Waals surface area (Å²) in [4.78, 5) is 23.1. The van der Waals surface area contributed by atoms with Gasteiger partial charge in [0.2, 0.25) is 0 Å². The van der Waals surface area contributed by atoms with Gasteiger partial charge in [-0.1, -0.05) is 30.3 Å². The highest BCUT2D eigenvalue weighted by Crippen LogP contribution is 2.07. The van der Waals surface area contributed by atoms with E-state index in [0.29, 0.717) is 6.61 Å². The Morgan fingerprint density at radius 3 is 2.58 bits per heavy atom. The van der Waals surface area contributed by atoms with Gasteiger partial charge in [0.1, 0.15) is 12.4 Å². The van der Waals surface area contributed by atoms with Crippen molar-refractivity contribution in [1.29, 1.82) is 0 Å². The predicted octanol–water partition coefficient (Wildman–Crippen LogP) is 2.02. The molecule has 19 heavy (non-hydrogen) atoms. The fourth-order valence-electron chi connectivity index (χ4n) is 1.72. The first-order valence-electron chi connectivity index (χ1n) is 6.02. The quantitative estimate of drug-likeness (QED) is 0.823. The van der Waals surface area contributed by atoms with E-state index in [1.165, 1.54) is 11.5 Å². The van der Waals surface area contributed by atoms with Crippen LogP contribution in [0.15, 0.2) is 53.5 Å². The monoisotopic (exact) mass is 257 g/mol. The Bertz CT molecular complexity index is 617. The smallest absolute Gasteiger partial charge is 0.293 e. The molecule has 2 aromatic rings. The summed E-state index contributed by atoms with van der Waals surface area (Å²) < 4.78 is 6.85. The van der Waals surface area contributed by atoms with Gasteiger partial charge in [-0.15, -0.1) is 0 Å². The molecule has 0 saturated heterocycles. The number of carbonyl (C=O) groups is 1. The topological polar surface area (TPSA) is 48.3 Å². The molecule has 0 atom stereocenters. The van der Waals surface area contributed by atoms with Crippen molar-refractivity contribution in [3.05, 3.63) is 64.6 Å². The van der Waals surface area contributed by atoms with E-state index in [0.717, 1.165) is 5.56 Å². The molecule has 4 nitrogen and oxygen atoms in total. The molecule has 1 heterocycles. The summed E-state index contributed by atoms with van der Waals surface area (Å²) in [7, 11) is 0. The average Bonchev–Trinajstić information content (AvgIpc) is 2.40. The summed E-state index contributed by atoms with van der Waals surface area (Å²) in [6, 6.07) is 12.9. The van der Waals surface area contributed by atoms with Crippen molar-refractivity contribution in [3.63, 3.8) is 0 Å². The van der Waals surface area contributed by atoms with Crippen LogP contribution in [-0.4, -0.2) is 10.4 Å². The standard InChI is InChI=1S/C15H15NO3/c1-12(17)10-16-9-5-8-14(15(16)18)19-11-13-6-3-2-4-7-13/h2-9H,10-11H2,1H3. The second-order valence-electron chi connectivity index (χ2n) is 4.28. The first-order valence-corrected chi connectivity index (χ1v) is 6.02. The van der Waals surface area contributed by atoms with Gasteiger partial charge in [0.25, 0.3) is 5.56 Å². The number of benzene rings is 1. The Morgan fingerprint density at radius 1 is 1.16 bits per heavy atom. The van der Waals surface area contributed by atoms with Gasteiger partial charge in [0, 0.05) is 6.20 Å². The summed E-state index contributed by atoms with van der Waals surface area (Å²) in [6.45, 7) is 1.85. The number of ketones is 1. The lowest BCUT2D eigenvalue weighted by Crippen LogP contribution is -2.23. The van der Waals surface area contributed by atoms with Crippen LogP contribution in [0.5, 0.6) is 5.75 Å². The van der Waals surface area contributed by atoms with E-state index in [4.69, 9.17) is 4.74 Å².